The third-order valence-corrected chi connectivity index (χ3v) is 2.08. The third kappa shape index (κ3) is 4.86. The fourth-order valence-corrected chi connectivity index (χ4v) is 1.23. The topological polar surface area (TPSA) is 77.2 Å². The van der Waals surface area contributed by atoms with Crippen LogP contribution in [0.4, 0.5) is 0 Å². The van der Waals surface area contributed by atoms with Gasteiger partial charge >= 0.3 is 0 Å². The second-order valence-electron chi connectivity index (χ2n) is 3.46. The largest absolute Gasteiger partial charge is 0.370 e. The molecule has 16 heavy (non-hydrogen) atoms. The Hall–Kier alpha value is -1.46. The summed E-state index contributed by atoms with van der Waals surface area (Å²) in [5.74, 6) is -0.444. The van der Waals surface area contributed by atoms with Crippen LogP contribution in [0.3, 0.4) is 0 Å². The summed E-state index contributed by atoms with van der Waals surface area (Å²) in [6, 6.07) is 3.93. The van der Waals surface area contributed by atoms with Gasteiger partial charge in [0.25, 0.3) is 0 Å². The van der Waals surface area contributed by atoms with Crippen molar-refractivity contribution in [2.45, 2.75) is 13.5 Å². The number of nitrogens with one attached hydrogen (secondary N) is 1. The summed E-state index contributed by atoms with van der Waals surface area (Å²) in [5.41, 5.74) is 7.11. The van der Waals surface area contributed by atoms with Gasteiger partial charge in [0.1, 0.15) is 6.61 Å². The van der Waals surface area contributed by atoms with Gasteiger partial charge in [-0.2, -0.15) is 0 Å². The van der Waals surface area contributed by atoms with Crippen LogP contribution in [-0.4, -0.2) is 30.6 Å². The average Bonchev–Trinajstić information content (AvgIpc) is 2.25. The van der Waals surface area contributed by atoms with Crippen molar-refractivity contribution in [3.8, 4) is 0 Å². The van der Waals surface area contributed by atoms with Crippen LogP contribution in [0.1, 0.15) is 11.3 Å². The van der Waals surface area contributed by atoms with Gasteiger partial charge in [0, 0.05) is 19.3 Å². The molecule has 0 bridgehead atoms. The predicted molar refractivity (Wildman–Crippen MR) is 60.7 cm³/mol. The SMILES string of the molecule is Cc1cccnc1CNCCOCC(N)=O. The van der Waals surface area contributed by atoms with Gasteiger partial charge in [-0.25, -0.2) is 0 Å². The maximum atomic E-state index is 10.4. The summed E-state index contributed by atoms with van der Waals surface area (Å²) in [6.45, 7) is 3.84. The number of rotatable bonds is 7. The normalized spacial score (nSPS) is 10.3. The molecular formula is C11H17N3O2. The van der Waals surface area contributed by atoms with E-state index in [2.05, 4.69) is 10.3 Å². The fraction of sp³-hybridized carbons (Fsp3) is 0.455. The monoisotopic (exact) mass is 223 g/mol. The maximum absolute atomic E-state index is 10.4. The Balaban J connectivity index is 2.12. The summed E-state index contributed by atoms with van der Waals surface area (Å²) in [4.78, 5) is 14.6. The third-order valence-electron chi connectivity index (χ3n) is 2.08. The van der Waals surface area contributed by atoms with Gasteiger partial charge in [-0.15, -0.1) is 0 Å². The van der Waals surface area contributed by atoms with E-state index in [1.54, 1.807) is 6.20 Å². The van der Waals surface area contributed by atoms with Crippen molar-refractivity contribution in [1.82, 2.24) is 10.3 Å². The van der Waals surface area contributed by atoms with E-state index in [0.29, 0.717) is 19.7 Å². The minimum Gasteiger partial charge on any atom is -0.370 e. The number of ether oxygens (including phenoxy) is 1. The van der Waals surface area contributed by atoms with Crippen molar-refractivity contribution in [1.29, 1.82) is 0 Å². The summed E-state index contributed by atoms with van der Waals surface area (Å²) in [5, 5.41) is 3.18. The molecule has 0 spiro atoms. The predicted octanol–water partition coefficient (Wildman–Crippen LogP) is -0.0185. The van der Waals surface area contributed by atoms with Crippen LogP contribution in [0.15, 0.2) is 18.3 Å². The summed E-state index contributed by atoms with van der Waals surface area (Å²) in [6.07, 6.45) is 1.77. The maximum Gasteiger partial charge on any atom is 0.243 e. The molecule has 1 aromatic heterocycles. The van der Waals surface area contributed by atoms with Crippen molar-refractivity contribution in [2.24, 2.45) is 5.73 Å². The van der Waals surface area contributed by atoms with Gasteiger partial charge in [0.15, 0.2) is 0 Å². The number of nitrogens with zero attached hydrogens (tertiary/aromatic N) is 1. The van der Waals surface area contributed by atoms with Gasteiger partial charge in [-0.3, -0.25) is 9.78 Å². The first kappa shape index (κ1) is 12.6. The lowest BCUT2D eigenvalue weighted by Gasteiger charge is -2.06. The molecular weight excluding hydrogens is 206 g/mol. The molecule has 1 rings (SSSR count). The van der Waals surface area contributed by atoms with Crippen LogP contribution in [0.25, 0.3) is 0 Å². The van der Waals surface area contributed by atoms with Gasteiger partial charge < -0.3 is 15.8 Å². The molecule has 3 N–H and O–H groups in total. The zero-order chi connectivity index (χ0) is 11.8. The average molecular weight is 223 g/mol. The summed E-state index contributed by atoms with van der Waals surface area (Å²) >= 11 is 0. The molecule has 0 unspecified atom stereocenters. The molecule has 88 valence electrons. The number of primary amides is 1. The molecule has 1 amide bonds. The molecule has 0 saturated heterocycles. The van der Waals surface area contributed by atoms with Gasteiger partial charge in [-0.05, 0) is 18.6 Å². The minimum absolute atomic E-state index is 0.0235. The number of carbonyl (C=O) groups excluding carboxylic acids is 1. The van der Waals surface area contributed by atoms with Crippen molar-refractivity contribution < 1.29 is 9.53 Å². The van der Waals surface area contributed by atoms with E-state index in [0.717, 1.165) is 11.3 Å². The van der Waals surface area contributed by atoms with E-state index >= 15 is 0 Å². The number of amides is 1. The van der Waals surface area contributed by atoms with E-state index in [1.807, 2.05) is 19.1 Å². The molecule has 0 saturated carbocycles. The smallest absolute Gasteiger partial charge is 0.243 e. The fourth-order valence-electron chi connectivity index (χ4n) is 1.23. The zero-order valence-corrected chi connectivity index (χ0v) is 9.40. The first-order valence-corrected chi connectivity index (χ1v) is 5.17. The lowest BCUT2D eigenvalue weighted by molar-refractivity contribution is -0.122. The highest BCUT2D eigenvalue weighted by atomic mass is 16.5. The number of aromatic nitrogens is 1. The van der Waals surface area contributed by atoms with Crippen LogP contribution in [-0.2, 0) is 16.1 Å². The number of carbonyl (C=O) groups is 1. The van der Waals surface area contributed by atoms with E-state index in [4.69, 9.17) is 10.5 Å². The Labute approximate surface area is 95.0 Å². The number of aryl methyl sites for hydroxylation is 1. The Morgan fingerprint density at radius 3 is 3.12 bits per heavy atom. The molecule has 0 atom stereocenters. The van der Waals surface area contributed by atoms with Crippen molar-refractivity contribution >= 4 is 5.91 Å². The van der Waals surface area contributed by atoms with E-state index in [1.165, 1.54) is 0 Å². The molecule has 1 heterocycles. The number of hydrogen-bond donors (Lipinski definition) is 2. The van der Waals surface area contributed by atoms with E-state index < -0.39 is 5.91 Å². The van der Waals surface area contributed by atoms with Crippen molar-refractivity contribution in [2.75, 3.05) is 19.8 Å². The summed E-state index contributed by atoms with van der Waals surface area (Å²) in [7, 11) is 0. The Morgan fingerprint density at radius 1 is 1.62 bits per heavy atom. The second kappa shape index (κ2) is 6.92. The second-order valence-corrected chi connectivity index (χ2v) is 3.46. The Kier molecular flexibility index (Phi) is 5.45. The molecule has 5 nitrogen and oxygen atoms in total. The van der Waals surface area contributed by atoms with Crippen molar-refractivity contribution in [3.63, 3.8) is 0 Å². The van der Waals surface area contributed by atoms with Gasteiger partial charge in [0.05, 0.1) is 12.3 Å². The van der Waals surface area contributed by atoms with Crippen LogP contribution in [0.2, 0.25) is 0 Å². The van der Waals surface area contributed by atoms with E-state index in [9.17, 15) is 4.79 Å². The van der Waals surface area contributed by atoms with Gasteiger partial charge in [0.2, 0.25) is 5.91 Å². The highest BCUT2D eigenvalue weighted by Gasteiger charge is 1.98. The standard InChI is InChI=1S/C11H17N3O2/c1-9-3-2-4-14-10(9)7-13-5-6-16-8-11(12)15/h2-4,13H,5-8H2,1H3,(H2,12,15). The molecule has 0 aromatic carbocycles. The lowest BCUT2D eigenvalue weighted by Crippen LogP contribution is -2.24. The Morgan fingerprint density at radius 2 is 2.44 bits per heavy atom. The highest BCUT2D eigenvalue weighted by molar-refractivity contribution is 5.74. The zero-order valence-electron chi connectivity index (χ0n) is 9.40. The number of nitrogens with two attached hydrogens (primary N) is 1. The van der Waals surface area contributed by atoms with Crippen molar-refractivity contribution in [3.05, 3.63) is 29.6 Å². The molecule has 0 aliphatic rings. The molecule has 1 aromatic rings. The van der Waals surface area contributed by atoms with Crippen LogP contribution in [0, 0.1) is 6.92 Å². The highest BCUT2D eigenvalue weighted by Crippen LogP contribution is 2.01. The first-order valence-electron chi connectivity index (χ1n) is 5.17. The lowest BCUT2D eigenvalue weighted by atomic mass is 10.2. The van der Waals surface area contributed by atoms with E-state index in [-0.39, 0.29) is 6.61 Å². The van der Waals surface area contributed by atoms with Crippen LogP contribution < -0.4 is 11.1 Å². The molecule has 0 fully saturated rings. The molecule has 0 aliphatic carbocycles. The van der Waals surface area contributed by atoms with Crippen LogP contribution >= 0.6 is 0 Å². The van der Waals surface area contributed by atoms with Crippen LogP contribution in [0.5, 0.6) is 0 Å². The van der Waals surface area contributed by atoms with Gasteiger partial charge in [-0.1, -0.05) is 6.07 Å². The number of hydrogen-bond acceptors (Lipinski definition) is 4. The molecule has 0 radical (unpaired) electrons. The molecule has 0 aliphatic heterocycles. The number of pyridine rings is 1. The Bertz CT molecular complexity index is 342. The quantitative estimate of drug-likeness (QED) is 0.637. The first-order chi connectivity index (χ1) is 7.70. The summed E-state index contributed by atoms with van der Waals surface area (Å²) < 4.78 is 5.01. The minimum atomic E-state index is -0.444. The molecule has 5 heteroatoms.